The SMILES string of the molecule is C=CCN(CC=C)C(=O)NCC(O)C(=O)O. The Labute approximate surface area is 93.9 Å². The molecule has 0 bridgehead atoms. The number of hydrogen-bond donors (Lipinski definition) is 3. The molecule has 0 aromatic carbocycles. The minimum atomic E-state index is -1.60. The molecule has 3 N–H and O–H groups in total. The van der Waals surface area contributed by atoms with Crippen LogP contribution in [0, 0.1) is 0 Å². The average Bonchev–Trinajstić information content (AvgIpc) is 2.24. The topological polar surface area (TPSA) is 89.9 Å². The lowest BCUT2D eigenvalue weighted by Crippen LogP contribution is -2.44. The number of aliphatic hydroxyl groups excluding tert-OH is 1. The number of carboxylic acid groups (broad SMARTS) is 1. The lowest BCUT2D eigenvalue weighted by atomic mass is 10.3. The lowest BCUT2D eigenvalue weighted by molar-refractivity contribution is -0.146. The Balaban J connectivity index is 4.14. The van der Waals surface area contributed by atoms with Gasteiger partial charge in [0.2, 0.25) is 0 Å². The molecule has 1 atom stereocenters. The van der Waals surface area contributed by atoms with E-state index >= 15 is 0 Å². The van der Waals surface area contributed by atoms with Crippen LogP contribution >= 0.6 is 0 Å². The molecular formula is C10H16N2O4. The molecule has 0 aromatic heterocycles. The first-order chi connectivity index (χ1) is 7.52. The second-order valence-corrected chi connectivity index (χ2v) is 3.02. The molecule has 2 amide bonds. The number of rotatable bonds is 7. The molecule has 0 saturated carbocycles. The number of nitrogens with one attached hydrogen (secondary N) is 1. The van der Waals surface area contributed by atoms with Gasteiger partial charge in [0.1, 0.15) is 0 Å². The maximum absolute atomic E-state index is 11.5. The molecule has 1 unspecified atom stereocenters. The van der Waals surface area contributed by atoms with E-state index in [1.54, 1.807) is 0 Å². The second-order valence-electron chi connectivity index (χ2n) is 3.02. The van der Waals surface area contributed by atoms with Gasteiger partial charge >= 0.3 is 12.0 Å². The van der Waals surface area contributed by atoms with Crippen LogP contribution in [0.15, 0.2) is 25.3 Å². The van der Waals surface area contributed by atoms with Crippen LogP contribution in [0.1, 0.15) is 0 Å². The molecule has 6 heteroatoms. The van der Waals surface area contributed by atoms with Gasteiger partial charge in [-0.05, 0) is 0 Å². The summed E-state index contributed by atoms with van der Waals surface area (Å²) in [6.07, 6.45) is 1.48. The third-order valence-electron chi connectivity index (χ3n) is 1.72. The van der Waals surface area contributed by atoms with Gasteiger partial charge in [-0.25, -0.2) is 9.59 Å². The van der Waals surface area contributed by atoms with E-state index in [0.717, 1.165) is 0 Å². The fraction of sp³-hybridized carbons (Fsp3) is 0.400. The smallest absolute Gasteiger partial charge is 0.334 e. The molecule has 0 spiro atoms. The van der Waals surface area contributed by atoms with Crippen molar-refractivity contribution in [3.05, 3.63) is 25.3 Å². The van der Waals surface area contributed by atoms with Crippen molar-refractivity contribution in [2.75, 3.05) is 19.6 Å². The molecule has 0 radical (unpaired) electrons. The van der Waals surface area contributed by atoms with Crippen LogP contribution in [-0.4, -0.2) is 52.9 Å². The van der Waals surface area contributed by atoms with Crippen LogP contribution in [-0.2, 0) is 4.79 Å². The summed E-state index contributed by atoms with van der Waals surface area (Å²) in [5, 5.41) is 19.6. The Kier molecular flexibility index (Phi) is 6.62. The summed E-state index contributed by atoms with van der Waals surface area (Å²) in [4.78, 5) is 23.1. The highest BCUT2D eigenvalue weighted by Gasteiger charge is 2.16. The Bertz CT molecular complexity index is 268. The van der Waals surface area contributed by atoms with Crippen molar-refractivity contribution >= 4 is 12.0 Å². The summed E-state index contributed by atoms with van der Waals surface area (Å²) in [6, 6.07) is -0.472. The summed E-state index contributed by atoms with van der Waals surface area (Å²) in [5.41, 5.74) is 0. The fourth-order valence-corrected chi connectivity index (χ4v) is 0.935. The number of carbonyl (C=O) groups excluding carboxylic acids is 1. The first-order valence-corrected chi connectivity index (χ1v) is 4.68. The predicted molar refractivity (Wildman–Crippen MR) is 59.0 cm³/mol. The van der Waals surface area contributed by atoms with E-state index < -0.39 is 18.1 Å². The highest BCUT2D eigenvalue weighted by atomic mass is 16.4. The van der Waals surface area contributed by atoms with E-state index in [0.29, 0.717) is 13.1 Å². The zero-order chi connectivity index (χ0) is 12.6. The Morgan fingerprint density at radius 3 is 2.19 bits per heavy atom. The van der Waals surface area contributed by atoms with Crippen molar-refractivity contribution in [2.24, 2.45) is 0 Å². The molecule has 0 aromatic rings. The predicted octanol–water partition coefficient (Wildman–Crippen LogP) is -0.185. The number of amides is 2. The number of aliphatic hydroxyl groups is 1. The van der Waals surface area contributed by atoms with Gasteiger partial charge in [-0.15, -0.1) is 13.2 Å². The van der Waals surface area contributed by atoms with Gasteiger partial charge in [0.25, 0.3) is 0 Å². The van der Waals surface area contributed by atoms with Crippen molar-refractivity contribution in [1.82, 2.24) is 10.2 Å². The molecule has 0 rings (SSSR count). The van der Waals surface area contributed by atoms with Crippen LogP contribution in [0.2, 0.25) is 0 Å². The zero-order valence-electron chi connectivity index (χ0n) is 8.93. The highest BCUT2D eigenvalue weighted by molar-refractivity contribution is 5.77. The van der Waals surface area contributed by atoms with Crippen molar-refractivity contribution in [3.8, 4) is 0 Å². The standard InChI is InChI=1S/C10H16N2O4/c1-3-5-12(6-4-2)10(16)11-7-8(13)9(14)15/h3-4,8,13H,1-2,5-7H2,(H,11,16)(H,14,15). The molecule has 0 aliphatic carbocycles. The molecule has 0 fully saturated rings. The van der Waals surface area contributed by atoms with E-state index in [2.05, 4.69) is 18.5 Å². The van der Waals surface area contributed by atoms with Crippen molar-refractivity contribution in [1.29, 1.82) is 0 Å². The van der Waals surface area contributed by atoms with Crippen LogP contribution in [0.25, 0.3) is 0 Å². The summed E-state index contributed by atoms with van der Waals surface area (Å²) in [7, 11) is 0. The van der Waals surface area contributed by atoms with E-state index in [1.807, 2.05) is 0 Å². The summed E-state index contributed by atoms with van der Waals surface area (Å²) >= 11 is 0. The number of aliphatic carboxylic acids is 1. The number of carbonyl (C=O) groups is 2. The molecule has 6 nitrogen and oxygen atoms in total. The van der Waals surface area contributed by atoms with E-state index in [4.69, 9.17) is 10.2 Å². The maximum Gasteiger partial charge on any atom is 0.334 e. The Morgan fingerprint density at radius 2 is 1.81 bits per heavy atom. The first kappa shape index (κ1) is 14.2. The van der Waals surface area contributed by atoms with Crippen LogP contribution in [0.5, 0.6) is 0 Å². The highest BCUT2D eigenvalue weighted by Crippen LogP contribution is 1.91. The molecule has 90 valence electrons. The van der Waals surface area contributed by atoms with Gasteiger partial charge in [-0.3, -0.25) is 0 Å². The summed E-state index contributed by atoms with van der Waals surface area (Å²) in [6.45, 7) is 7.28. The van der Waals surface area contributed by atoms with Crippen LogP contribution in [0.4, 0.5) is 4.79 Å². The van der Waals surface area contributed by atoms with Crippen molar-refractivity contribution < 1.29 is 19.8 Å². The zero-order valence-corrected chi connectivity index (χ0v) is 8.93. The van der Waals surface area contributed by atoms with Gasteiger partial charge in [0, 0.05) is 13.1 Å². The monoisotopic (exact) mass is 228 g/mol. The van der Waals surface area contributed by atoms with Gasteiger partial charge in [0.05, 0.1) is 6.54 Å². The molecule has 0 heterocycles. The molecule has 0 aliphatic heterocycles. The van der Waals surface area contributed by atoms with E-state index in [-0.39, 0.29) is 6.54 Å². The van der Waals surface area contributed by atoms with Gasteiger partial charge in [-0.2, -0.15) is 0 Å². The minimum absolute atomic E-state index is 0.320. The second kappa shape index (κ2) is 7.47. The third kappa shape index (κ3) is 5.16. The average molecular weight is 228 g/mol. The van der Waals surface area contributed by atoms with Gasteiger partial charge < -0.3 is 20.4 Å². The quantitative estimate of drug-likeness (QED) is 0.527. The van der Waals surface area contributed by atoms with Crippen LogP contribution < -0.4 is 5.32 Å². The van der Waals surface area contributed by atoms with Crippen molar-refractivity contribution in [2.45, 2.75) is 6.10 Å². The molecular weight excluding hydrogens is 212 g/mol. The van der Waals surface area contributed by atoms with Crippen LogP contribution in [0.3, 0.4) is 0 Å². The maximum atomic E-state index is 11.5. The van der Waals surface area contributed by atoms with E-state index in [1.165, 1.54) is 17.1 Å². The largest absolute Gasteiger partial charge is 0.479 e. The fourth-order valence-electron chi connectivity index (χ4n) is 0.935. The molecule has 0 saturated heterocycles. The normalized spacial score (nSPS) is 11.3. The Hall–Kier alpha value is -1.82. The Morgan fingerprint density at radius 1 is 1.31 bits per heavy atom. The van der Waals surface area contributed by atoms with Gasteiger partial charge in [0.15, 0.2) is 6.10 Å². The third-order valence-corrected chi connectivity index (χ3v) is 1.72. The summed E-state index contributed by atoms with van der Waals surface area (Å²) in [5.74, 6) is -1.38. The number of nitrogens with zero attached hydrogens (tertiary/aromatic N) is 1. The van der Waals surface area contributed by atoms with E-state index in [9.17, 15) is 9.59 Å². The van der Waals surface area contributed by atoms with Gasteiger partial charge in [-0.1, -0.05) is 12.2 Å². The number of hydrogen-bond acceptors (Lipinski definition) is 3. The minimum Gasteiger partial charge on any atom is -0.479 e. The summed E-state index contributed by atoms with van der Waals surface area (Å²) < 4.78 is 0. The first-order valence-electron chi connectivity index (χ1n) is 4.68. The van der Waals surface area contributed by atoms with Crippen molar-refractivity contribution in [3.63, 3.8) is 0 Å². The molecule has 0 aliphatic rings. The number of urea groups is 1. The lowest BCUT2D eigenvalue weighted by Gasteiger charge is -2.20. The number of carboxylic acids is 1. The molecule has 16 heavy (non-hydrogen) atoms.